The molecule has 2 aromatic carbocycles. The molecule has 0 saturated carbocycles. The summed E-state index contributed by atoms with van der Waals surface area (Å²) in [6.45, 7) is 4.02. The third-order valence-corrected chi connectivity index (χ3v) is 5.08. The maximum Gasteiger partial charge on any atom is 0.251 e. The Kier molecular flexibility index (Phi) is 5.39. The van der Waals surface area contributed by atoms with Gasteiger partial charge in [-0.2, -0.15) is 0 Å². The van der Waals surface area contributed by atoms with Crippen molar-refractivity contribution in [1.29, 1.82) is 0 Å². The number of ether oxygens (including phenoxy) is 2. The van der Waals surface area contributed by atoms with Crippen LogP contribution >= 0.6 is 0 Å². The van der Waals surface area contributed by atoms with Gasteiger partial charge in [-0.05, 0) is 49.1 Å². The number of nitrogens with one attached hydrogen (secondary N) is 1. The number of hydrogen-bond donors (Lipinski definition) is 1. The quantitative estimate of drug-likeness (QED) is 0.907. The largest absolute Gasteiger partial charge is 0.496 e. The van der Waals surface area contributed by atoms with Gasteiger partial charge in [0.15, 0.2) is 0 Å². The molecular formula is C21H25NO3. The molecule has 2 aromatic rings. The number of methoxy groups -OCH3 is 1. The number of carbonyl (C=O) groups excluding carboxylic acids is 1. The van der Waals surface area contributed by atoms with E-state index in [0.29, 0.717) is 12.1 Å². The van der Waals surface area contributed by atoms with Crippen LogP contribution < -0.4 is 10.1 Å². The van der Waals surface area contributed by atoms with Crippen molar-refractivity contribution in [1.82, 2.24) is 5.32 Å². The van der Waals surface area contributed by atoms with Crippen molar-refractivity contribution in [2.45, 2.75) is 25.2 Å². The van der Waals surface area contributed by atoms with Crippen LogP contribution in [0, 0.1) is 6.92 Å². The number of carbonyl (C=O) groups is 1. The lowest BCUT2D eigenvalue weighted by molar-refractivity contribution is 0.0487. The lowest BCUT2D eigenvalue weighted by Crippen LogP contribution is -2.44. The Morgan fingerprint density at radius 1 is 1.16 bits per heavy atom. The first-order valence-electron chi connectivity index (χ1n) is 8.71. The molecule has 1 aliphatic heterocycles. The Morgan fingerprint density at radius 3 is 2.52 bits per heavy atom. The van der Waals surface area contributed by atoms with Gasteiger partial charge in [0.25, 0.3) is 5.91 Å². The summed E-state index contributed by atoms with van der Waals surface area (Å²) in [6, 6.07) is 15.9. The number of aryl methyl sites for hydroxylation is 1. The van der Waals surface area contributed by atoms with Crippen LogP contribution in [0.5, 0.6) is 5.75 Å². The van der Waals surface area contributed by atoms with Gasteiger partial charge in [0.05, 0.1) is 7.11 Å². The molecule has 0 unspecified atom stereocenters. The summed E-state index contributed by atoms with van der Waals surface area (Å²) in [5.74, 6) is 0.745. The summed E-state index contributed by atoms with van der Waals surface area (Å²) in [4.78, 5) is 12.6. The molecule has 1 aliphatic rings. The monoisotopic (exact) mass is 339 g/mol. The maximum atomic E-state index is 12.6. The molecule has 1 N–H and O–H groups in total. The lowest BCUT2D eigenvalue weighted by atomic mass is 9.74. The summed E-state index contributed by atoms with van der Waals surface area (Å²) < 4.78 is 10.8. The van der Waals surface area contributed by atoms with Gasteiger partial charge in [0.2, 0.25) is 0 Å². The smallest absolute Gasteiger partial charge is 0.251 e. The number of rotatable bonds is 5. The number of amides is 1. The third-order valence-electron chi connectivity index (χ3n) is 5.08. The van der Waals surface area contributed by atoms with Crippen molar-refractivity contribution in [2.24, 2.45) is 0 Å². The average Bonchev–Trinajstić information content (AvgIpc) is 2.67. The van der Waals surface area contributed by atoms with Crippen molar-refractivity contribution < 1.29 is 14.3 Å². The van der Waals surface area contributed by atoms with Crippen LogP contribution in [0.15, 0.2) is 48.5 Å². The molecule has 1 fully saturated rings. The van der Waals surface area contributed by atoms with E-state index in [1.807, 2.05) is 25.1 Å². The first-order valence-corrected chi connectivity index (χ1v) is 8.71. The van der Waals surface area contributed by atoms with Crippen molar-refractivity contribution in [3.05, 3.63) is 65.2 Å². The predicted octanol–water partition coefficient (Wildman–Crippen LogP) is 3.48. The maximum absolute atomic E-state index is 12.6. The van der Waals surface area contributed by atoms with E-state index in [-0.39, 0.29) is 11.3 Å². The van der Waals surface area contributed by atoms with E-state index >= 15 is 0 Å². The molecule has 4 heteroatoms. The van der Waals surface area contributed by atoms with E-state index in [1.54, 1.807) is 13.2 Å². The van der Waals surface area contributed by atoms with Crippen LogP contribution in [0.3, 0.4) is 0 Å². The summed E-state index contributed by atoms with van der Waals surface area (Å²) in [7, 11) is 1.64. The molecule has 1 saturated heterocycles. The minimum atomic E-state index is -0.0588. The van der Waals surface area contributed by atoms with Gasteiger partial charge in [-0.3, -0.25) is 4.79 Å². The Balaban J connectivity index is 1.75. The van der Waals surface area contributed by atoms with E-state index in [9.17, 15) is 4.79 Å². The fourth-order valence-electron chi connectivity index (χ4n) is 3.49. The van der Waals surface area contributed by atoms with Gasteiger partial charge in [0.1, 0.15) is 5.75 Å². The summed E-state index contributed by atoms with van der Waals surface area (Å²) >= 11 is 0. The lowest BCUT2D eigenvalue weighted by Gasteiger charge is -2.38. The Labute approximate surface area is 149 Å². The van der Waals surface area contributed by atoms with Crippen LogP contribution in [-0.2, 0) is 10.2 Å². The molecule has 0 atom stereocenters. The normalized spacial score (nSPS) is 16.2. The molecule has 0 bridgehead atoms. The Hall–Kier alpha value is -2.33. The molecule has 0 radical (unpaired) electrons. The zero-order chi connectivity index (χ0) is 17.7. The predicted molar refractivity (Wildman–Crippen MR) is 98.2 cm³/mol. The zero-order valence-corrected chi connectivity index (χ0v) is 14.9. The second-order valence-electron chi connectivity index (χ2n) is 6.63. The first-order chi connectivity index (χ1) is 12.1. The highest BCUT2D eigenvalue weighted by atomic mass is 16.5. The standard InChI is InChI=1S/C21H25NO3/c1-16-14-17(8-9-19(16)24-2)20(23)22-15-21(10-12-25-13-11-21)18-6-4-3-5-7-18/h3-9,14H,10-13,15H2,1-2H3,(H,22,23). The zero-order valence-electron chi connectivity index (χ0n) is 14.9. The van der Waals surface area contributed by atoms with Gasteiger partial charge in [-0.1, -0.05) is 30.3 Å². The SMILES string of the molecule is COc1ccc(C(=O)NCC2(c3ccccc3)CCOCC2)cc1C. The fraction of sp³-hybridized carbons (Fsp3) is 0.381. The van der Waals surface area contributed by atoms with Crippen LogP contribution in [0.2, 0.25) is 0 Å². The summed E-state index contributed by atoms with van der Waals surface area (Å²) in [5, 5.41) is 3.14. The van der Waals surface area contributed by atoms with Gasteiger partial charge >= 0.3 is 0 Å². The molecular weight excluding hydrogens is 314 g/mol. The second-order valence-corrected chi connectivity index (χ2v) is 6.63. The highest BCUT2D eigenvalue weighted by Gasteiger charge is 2.34. The number of hydrogen-bond acceptors (Lipinski definition) is 3. The molecule has 1 heterocycles. The van der Waals surface area contributed by atoms with Gasteiger partial charge in [-0.25, -0.2) is 0 Å². The molecule has 4 nitrogen and oxygen atoms in total. The Bertz CT molecular complexity index is 721. The molecule has 0 aliphatic carbocycles. The topological polar surface area (TPSA) is 47.6 Å². The molecule has 0 aromatic heterocycles. The third kappa shape index (κ3) is 3.85. The van der Waals surface area contributed by atoms with Crippen LogP contribution in [0.4, 0.5) is 0 Å². The van der Waals surface area contributed by atoms with E-state index < -0.39 is 0 Å². The molecule has 25 heavy (non-hydrogen) atoms. The molecule has 0 spiro atoms. The first kappa shape index (κ1) is 17.5. The van der Waals surface area contributed by atoms with Crippen molar-refractivity contribution >= 4 is 5.91 Å². The highest BCUT2D eigenvalue weighted by molar-refractivity contribution is 5.94. The van der Waals surface area contributed by atoms with Gasteiger partial charge in [0, 0.05) is 30.7 Å². The molecule has 3 rings (SSSR count). The fourth-order valence-corrected chi connectivity index (χ4v) is 3.49. The minimum absolute atomic E-state index is 0.0486. The summed E-state index contributed by atoms with van der Waals surface area (Å²) in [5.41, 5.74) is 2.83. The molecule has 132 valence electrons. The van der Waals surface area contributed by atoms with Crippen LogP contribution in [-0.4, -0.2) is 32.8 Å². The Morgan fingerprint density at radius 2 is 1.88 bits per heavy atom. The van der Waals surface area contributed by atoms with Crippen molar-refractivity contribution in [2.75, 3.05) is 26.9 Å². The number of benzene rings is 2. The van der Waals surface area contributed by atoms with E-state index in [4.69, 9.17) is 9.47 Å². The highest BCUT2D eigenvalue weighted by Crippen LogP contribution is 2.34. The van der Waals surface area contributed by atoms with E-state index in [0.717, 1.165) is 37.4 Å². The van der Waals surface area contributed by atoms with Crippen molar-refractivity contribution in [3.8, 4) is 5.75 Å². The minimum Gasteiger partial charge on any atom is -0.496 e. The van der Waals surface area contributed by atoms with Gasteiger partial charge in [-0.15, -0.1) is 0 Å². The van der Waals surface area contributed by atoms with Crippen LogP contribution in [0.25, 0.3) is 0 Å². The average molecular weight is 339 g/mol. The molecule has 1 amide bonds. The van der Waals surface area contributed by atoms with Crippen molar-refractivity contribution in [3.63, 3.8) is 0 Å². The second kappa shape index (κ2) is 7.70. The van der Waals surface area contributed by atoms with E-state index in [1.165, 1.54) is 5.56 Å². The van der Waals surface area contributed by atoms with E-state index in [2.05, 4.69) is 29.6 Å². The van der Waals surface area contributed by atoms with Crippen LogP contribution in [0.1, 0.15) is 34.3 Å². The summed E-state index contributed by atoms with van der Waals surface area (Å²) in [6.07, 6.45) is 1.83. The van der Waals surface area contributed by atoms with Gasteiger partial charge < -0.3 is 14.8 Å².